The molecular formula is C17H23NO4. The first kappa shape index (κ1) is 17.8. The van der Waals surface area contributed by atoms with E-state index in [0.29, 0.717) is 25.1 Å². The molecule has 22 heavy (non-hydrogen) atoms. The summed E-state index contributed by atoms with van der Waals surface area (Å²) < 4.78 is 5.21. The summed E-state index contributed by atoms with van der Waals surface area (Å²) in [5.41, 5.74) is 2.02. The number of carboxylic acids is 1. The first-order valence-electron chi connectivity index (χ1n) is 7.17. The molecule has 5 heteroatoms. The van der Waals surface area contributed by atoms with Crippen molar-refractivity contribution in [2.24, 2.45) is 5.92 Å². The monoisotopic (exact) mass is 305 g/mol. The fourth-order valence-electron chi connectivity index (χ4n) is 2.19. The SMILES string of the molecule is C=C(C)CC(C)C(=O)NCCc1ccc(C(=O)O)cc1OC. The highest BCUT2D eigenvalue weighted by Gasteiger charge is 2.13. The maximum Gasteiger partial charge on any atom is 0.335 e. The predicted octanol–water partition coefficient (Wildman–Crippen LogP) is 2.65. The summed E-state index contributed by atoms with van der Waals surface area (Å²) in [4.78, 5) is 22.8. The second-order valence-electron chi connectivity index (χ2n) is 5.44. The van der Waals surface area contributed by atoms with Gasteiger partial charge in [0.05, 0.1) is 12.7 Å². The van der Waals surface area contributed by atoms with Crippen molar-refractivity contribution in [3.8, 4) is 5.75 Å². The van der Waals surface area contributed by atoms with Crippen LogP contribution in [0.3, 0.4) is 0 Å². The summed E-state index contributed by atoms with van der Waals surface area (Å²) in [6.07, 6.45) is 1.25. The van der Waals surface area contributed by atoms with Gasteiger partial charge in [0.15, 0.2) is 0 Å². The summed E-state index contributed by atoms with van der Waals surface area (Å²) >= 11 is 0. The van der Waals surface area contributed by atoms with Crippen LogP contribution in [0.1, 0.15) is 36.2 Å². The first-order chi connectivity index (χ1) is 10.3. The highest BCUT2D eigenvalue weighted by atomic mass is 16.5. The Morgan fingerprint density at radius 3 is 2.64 bits per heavy atom. The minimum absolute atomic E-state index is 0.0101. The maximum absolute atomic E-state index is 11.9. The molecule has 1 unspecified atom stereocenters. The van der Waals surface area contributed by atoms with Crippen molar-refractivity contribution >= 4 is 11.9 Å². The van der Waals surface area contributed by atoms with Crippen LogP contribution in [0.4, 0.5) is 0 Å². The number of hydrogen-bond acceptors (Lipinski definition) is 3. The molecule has 0 spiro atoms. The van der Waals surface area contributed by atoms with E-state index in [1.807, 2.05) is 13.8 Å². The standard InChI is InChI=1S/C17H23NO4/c1-11(2)9-12(3)16(19)18-8-7-13-5-6-14(17(20)21)10-15(13)22-4/h5-6,10,12H,1,7-9H2,2-4H3,(H,18,19)(H,20,21). The Hall–Kier alpha value is -2.30. The number of benzene rings is 1. The number of nitrogens with one attached hydrogen (secondary N) is 1. The maximum atomic E-state index is 11.9. The van der Waals surface area contributed by atoms with Gasteiger partial charge >= 0.3 is 5.97 Å². The van der Waals surface area contributed by atoms with Crippen LogP contribution in [-0.4, -0.2) is 30.6 Å². The van der Waals surface area contributed by atoms with Crippen LogP contribution in [-0.2, 0) is 11.2 Å². The number of hydrogen-bond donors (Lipinski definition) is 2. The minimum atomic E-state index is -0.994. The van der Waals surface area contributed by atoms with Crippen LogP contribution in [0, 0.1) is 5.92 Å². The molecule has 1 aromatic carbocycles. The number of methoxy groups -OCH3 is 1. The van der Waals surface area contributed by atoms with Crippen molar-refractivity contribution in [2.75, 3.05) is 13.7 Å². The summed E-state index contributed by atoms with van der Waals surface area (Å²) in [5.74, 6) is -0.589. The molecule has 0 radical (unpaired) electrons. The van der Waals surface area contributed by atoms with E-state index in [9.17, 15) is 9.59 Å². The molecule has 0 aromatic heterocycles. The lowest BCUT2D eigenvalue weighted by Gasteiger charge is -2.13. The molecule has 0 aliphatic rings. The van der Waals surface area contributed by atoms with Gasteiger partial charge in [-0.05, 0) is 37.5 Å². The zero-order chi connectivity index (χ0) is 16.7. The zero-order valence-corrected chi connectivity index (χ0v) is 13.3. The quantitative estimate of drug-likeness (QED) is 0.724. The van der Waals surface area contributed by atoms with Gasteiger partial charge in [-0.25, -0.2) is 4.79 Å². The van der Waals surface area contributed by atoms with Crippen LogP contribution in [0.15, 0.2) is 30.4 Å². The van der Waals surface area contributed by atoms with Crippen molar-refractivity contribution in [2.45, 2.75) is 26.7 Å². The van der Waals surface area contributed by atoms with E-state index in [0.717, 1.165) is 11.1 Å². The average Bonchev–Trinajstić information content (AvgIpc) is 2.46. The van der Waals surface area contributed by atoms with Gasteiger partial charge in [0.1, 0.15) is 5.75 Å². The average molecular weight is 305 g/mol. The van der Waals surface area contributed by atoms with E-state index >= 15 is 0 Å². The largest absolute Gasteiger partial charge is 0.496 e. The van der Waals surface area contributed by atoms with Crippen molar-refractivity contribution < 1.29 is 19.4 Å². The summed E-state index contributed by atoms with van der Waals surface area (Å²) in [6, 6.07) is 4.74. The van der Waals surface area contributed by atoms with Gasteiger partial charge in [0.25, 0.3) is 0 Å². The first-order valence-corrected chi connectivity index (χ1v) is 7.17. The topological polar surface area (TPSA) is 75.6 Å². The highest BCUT2D eigenvalue weighted by molar-refractivity contribution is 5.88. The molecule has 0 heterocycles. The molecule has 0 fully saturated rings. The predicted molar refractivity (Wildman–Crippen MR) is 85.3 cm³/mol. The molecule has 1 atom stereocenters. The Kier molecular flexibility index (Phi) is 6.63. The summed E-state index contributed by atoms with van der Waals surface area (Å²) in [7, 11) is 1.50. The molecular weight excluding hydrogens is 282 g/mol. The van der Waals surface area contributed by atoms with Crippen LogP contribution < -0.4 is 10.1 Å². The van der Waals surface area contributed by atoms with E-state index in [2.05, 4.69) is 11.9 Å². The van der Waals surface area contributed by atoms with Crippen molar-refractivity contribution in [3.05, 3.63) is 41.5 Å². The van der Waals surface area contributed by atoms with Gasteiger partial charge in [0.2, 0.25) is 5.91 Å². The lowest BCUT2D eigenvalue weighted by molar-refractivity contribution is -0.124. The van der Waals surface area contributed by atoms with Crippen molar-refractivity contribution in [1.29, 1.82) is 0 Å². The molecule has 2 N–H and O–H groups in total. The van der Waals surface area contributed by atoms with Gasteiger partial charge in [-0.3, -0.25) is 4.79 Å². The molecule has 1 amide bonds. The number of carbonyl (C=O) groups is 2. The summed E-state index contributed by atoms with van der Waals surface area (Å²) in [5, 5.41) is 11.8. The highest BCUT2D eigenvalue weighted by Crippen LogP contribution is 2.20. The normalized spacial score (nSPS) is 11.6. The lowest BCUT2D eigenvalue weighted by Crippen LogP contribution is -2.31. The number of rotatable bonds is 8. The van der Waals surface area contributed by atoms with Crippen LogP contribution in [0.2, 0.25) is 0 Å². The van der Waals surface area contributed by atoms with Gasteiger partial charge in [-0.2, -0.15) is 0 Å². The number of carbonyl (C=O) groups excluding carboxylic acids is 1. The Bertz CT molecular complexity index is 566. The smallest absolute Gasteiger partial charge is 0.335 e. The summed E-state index contributed by atoms with van der Waals surface area (Å²) in [6.45, 7) is 8.05. The molecule has 0 aliphatic carbocycles. The second kappa shape index (κ2) is 8.22. The van der Waals surface area contributed by atoms with E-state index in [-0.39, 0.29) is 17.4 Å². The van der Waals surface area contributed by atoms with Crippen molar-refractivity contribution in [1.82, 2.24) is 5.32 Å². The molecule has 1 aromatic rings. The Morgan fingerprint density at radius 2 is 2.09 bits per heavy atom. The minimum Gasteiger partial charge on any atom is -0.496 e. The van der Waals surface area contributed by atoms with Crippen LogP contribution in [0.25, 0.3) is 0 Å². The zero-order valence-electron chi connectivity index (χ0n) is 13.3. The van der Waals surface area contributed by atoms with Crippen molar-refractivity contribution in [3.63, 3.8) is 0 Å². The Balaban J connectivity index is 2.59. The third kappa shape index (κ3) is 5.24. The number of allylic oxidation sites excluding steroid dienone is 1. The lowest BCUT2D eigenvalue weighted by atomic mass is 10.0. The van der Waals surface area contributed by atoms with Gasteiger partial charge in [-0.1, -0.05) is 18.6 Å². The second-order valence-corrected chi connectivity index (χ2v) is 5.44. The molecule has 5 nitrogen and oxygen atoms in total. The third-order valence-corrected chi connectivity index (χ3v) is 3.33. The molecule has 0 saturated carbocycles. The molecule has 0 aliphatic heterocycles. The van der Waals surface area contributed by atoms with Gasteiger partial charge in [-0.15, -0.1) is 6.58 Å². The molecule has 0 saturated heterocycles. The van der Waals surface area contributed by atoms with E-state index in [1.165, 1.54) is 19.2 Å². The van der Waals surface area contributed by atoms with E-state index < -0.39 is 5.97 Å². The van der Waals surface area contributed by atoms with Crippen LogP contribution in [0.5, 0.6) is 5.75 Å². The molecule has 0 bridgehead atoms. The third-order valence-electron chi connectivity index (χ3n) is 3.33. The van der Waals surface area contributed by atoms with E-state index in [1.54, 1.807) is 6.07 Å². The van der Waals surface area contributed by atoms with Gasteiger partial charge < -0.3 is 15.2 Å². The Labute approximate surface area is 131 Å². The number of amides is 1. The van der Waals surface area contributed by atoms with E-state index in [4.69, 9.17) is 9.84 Å². The number of carboxylic acid groups (broad SMARTS) is 1. The van der Waals surface area contributed by atoms with Crippen LogP contribution >= 0.6 is 0 Å². The van der Waals surface area contributed by atoms with Gasteiger partial charge in [0, 0.05) is 12.5 Å². The molecule has 1 rings (SSSR count). The molecule has 120 valence electrons. The fraction of sp³-hybridized carbons (Fsp3) is 0.412. The number of ether oxygens (including phenoxy) is 1. The fourth-order valence-corrected chi connectivity index (χ4v) is 2.19. The Morgan fingerprint density at radius 1 is 1.41 bits per heavy atom. The number of aromatic carboxylic acids is 1.